The summed E-state index contributed by atoms with van der Waals surface area (Å²) < 4.78 is 5.81. The van der Waals surface area contributed by atoms with Crippen LogP contribution in [0, 0.1) is 0 Å². The summed E-state index contributed by atoms with van der Waals surface area (Å²) in [5.41, 5.74) is -1.04. The van der Waals surface area contributed by atoms with Crippen molar-refractivity contribution in [2.75, 3.05) is 0 Å². The zero-order valence-corrected chi connectivity index (χ0v) is 11.5. The van der Waals surface area contributed by atoms with E-state index in [1.165, 1.54) is 0 Å². The molecule has 1 unspecified atom stereocenters. The van der Waals surface area contributed by atoms with Crippen LogP contribution in [-0.2, 0) is 14.3 Å². The van der Waals surface area contributed by atoms with Gasteiger partial charge in [0.05, 0.1) is 6.10 Å². The van der Waals surface area contributed by atoms with Gasteiger partial charge in [-0.05, 0) is 38.5 Å². The van der Waals surface area contributed by atoms with Crippen molar-refractivity contribution in [1.82, 2.24) is 5.32 Å². The van der Waals surface area contributed by atoms with Gasteiger partial charge >= 0.3 is 5.97 Å². The zero-order chi connectivity index (χ0) is 13.9. The van der Waals surface area contributed by atoms with Gasteiger partial charge in [0.1, 0.15) is 11.6 Å². The van der Waals surface area contributed by atoms with Crippen molar-refractivity contribution in [1.29, 1.82) is 0 Å². The van der Waals surface area contributed by atoms with Gasteiger partial charge in [-0.1, -0.05) is 19.8 Å². The first-order valence-corrected chi connectivity index (χ1v) is 7.28. The van der Waals surface area contributed by atoms with Crippen molar-refractivity contribution in [3.8, 4) is 0 Å². The van der Waals surface area contributed by atoms with E-state index in [4.69, 9.17) is 4.74 Å². The van der Waals surface area contributed by atoms with Crippen molar-refractivity contribution in [3.63, 3.8) is 0 Å². The second-order valence-electron chi connectivity index (χ2n) is 5.67. The first kappa shape index (κ1) is 14.3. The molecule has 1 atom stereocenters. The van der Waals surface area contributed by atoms with Gasteiger partial charge in [-0.2, -0.15) is 0 Å². The maximum absolute atomic E-state index is 12.2. The molecule has 2 saturated carbocycles. The van der Waals surface area contributed by atoms with Crippen LogP contribution in [0.4, 0.5) is 0 Å². The van der Waals surface area contributed by atoms with Crippen LogP contribution >= 0.6 is 0 Å². The molecule has 2 aliphatic carbocycles. The Morgan fingerprint density at radius 2 is 1.95 bits per heavy atom. The number of ether oxygens (including phenoxy) is 1. The Morgan fingerprint density at radius 3 is 2.37 bits per heavy atom. The molecule has 2 fully saturated rings. The third-order valence-corrected chi connectivity index (χ3v) is 4.30. The molecule has 1 amide bonds. The second-order valence-corrected chi connectivity index (χ2v) is 5.67. The molecule has 0 aromatic heterocycles. The molecular formula is C14H23NO4. The SMILES string of the molecule is CCC(OC1CCCC1)C(=O)NC1(C(=O)O)CCC1. The van der Waals surface area contributed by atoms with E-state index in [1.54, 1.807) is 0 Å². The summed E-state index contributed by atoms with van der Waals surface area (Å²) in [7, 11) is 0. The molecule has 2 aliphatic rings. The van der Waals surface area contributed by atoms with Gasteiger partial charge in [0, 0.05) is 0 Å². The molecule has 2 rings (SSSR count). The molecule has 5 nitrogen and oxygen atoms in total. The predicted molar refractivity (Wildman–Crippen MR) is 69.8 cm³/mol. The highest BCUT2D eigenvalue weighted by Gasteiger charge is 2.46. The van der Waals surface area contributed by atoms with Crippen LogP contribution in [0.3, 0.4) is 0 Å². The number of hydrogen-bond donors (Lipinski definition) is 2. The van der Waals surface area contributed by atoms with Crippen LogP contribution < -0.4 is 5.32 Å². The summed E-state index contributed by atoms with van der Waals surface area (Å²) in [6.07, 6.45) is 6.45. The van der Waals surface area contributed by atoms with Gasteiger partial charge in [-0.15, -0.1) is 0 Å². The summed E-state index contributed by atoms with van der Waals surface area (Å²) >= 11 is 0. The number of nitrogens with one attached hydrogen (secondary N) is 1. The number of carbonyl (C=O) groups is 2. The minimum absolute atomic E-state index is 0.165. The summed E-state index contributed by atoms with van der Waals surface area (Å²) in [5.74, 6) is -1.20. The minimum atomic E-state index is -1.04. The Hall–Kier alpha value is -1.10. The number of carbonyl (C=O) groups excluding carboxylic acids is 1. The quantitative estimate of drug-likeness (QED) is 0.771. The fourth-order valence-corrected chi connectivity index (χ4v) is 2.84. The molecule has 0 spiro atoms. The topological polar surface area (TPSA) is 75.6 Å². The number of rotatable bonds is 6. The Morgan fingerprint density at radius 1 is 1.32 bits per heavy atom. The van der Waals surface area contributed by atoms with Crippen LogP contribution in [0.1, 0.15) is 58.3 Å². The van der Waals surface area contributed by atoms with Crippen molar-refractivity contribution in [2.45, 2.75) is 76.0 Å². The molecule has 0 radical (unpaired) electrons. The molecule has 0 saturated heterocycles. The van der Waals surface area contributed by atoms with E-state index in [2.05, 4.69) is 5.32 Å². The molecule has 0 aliphatic heterocycles. The van der Waals surface area contributed by atoms with E-state index in [9.17, 15) is 14.7 Å². The summed E-state index contributed by atoms with van der Waals surface area (Å²) in [6.45, 7) is 1.90. The van der Waals surface area contributed by atoms with Crippen LogP contribution in [-0.4, -0.2) is 34.7 Å². The molecule has 108 valence electrons. The van der Waals surface area contributed by atoms with Gasteiger partial charge in [0.15, 0.2) is 0 Å². The minimum Gasteiger partial charge on any atom is -0.480 e. The number of aliphatic carboxylic acids is 1. The number of carboxylic acid groups (broad SMARTS) is 1. The molecule has 19 heavy (non-hydrogen) atoms. The monoisotopic (exact) mass is 269 g/mol. The molecule has 0 aromatic rings. The lowest BCUT2D eigenvalue weighted by Crippen LogP contribution is -2.61. The lowest BCUT2D eigenvalue weighted by molar-refractivity contribution is -0.155. The van der Waals surface area contributed by atoms with E-state index in [0.29, 0.717) is 19.3 Å². The summed E-state index contributed by atoms with van der Waals surface area (Å²) in [4.78, 5) is 23.4. The maximum atomic E-state index is 12.2. The van der Waals surface area contributed by atoms with Gasteiger partial charge < -0.3 is 15.2 Å². The fraction of sp³-hybridized carbons (Fsp3) is 0.857. The first-order chi connectivity index (χ1) is 9.07. The van der Waals surface area contributed by atoms with E-state index < -0.39 is 17.6 Å². The Balaban J connectivity index is 1.90. The van der Waals surface area contributed by atoms with Crippen LogP contribution in [0.25, 0.3) is 0 Å². The van der Waals surface area contributed by atoms with Crippen molar-refractivity contribution in [3.05, 3.63) is 0 Å². The summed E-state index contributed by atoms with van der Waals surface area (Å²) in [6, 6.07) is 0. The van der Waals surface area contributed by atoms with Gasteiger partial charge in [-0.3, -0.25) is 4.79 Å². The van der Waals surface area contributed by atoms with Crippen molar-refractivity contribution in [2.24, 2.45) is 0 Å². The van der Waals surface area contributed by atoms with E-state index in [1.807, 2.05) is 6.92 Å². The van der Waals surface area contributed by atoms with Crippen molar-refractivity contribution < 1.29 is 19.4 Å². The molecule has 2 N–H and O–H groups in total. The molecule has 0 aromatic carbocycles. The molecular weight excluding hydrogens is 246 g/mol. The van der Waals surface area contributed by atoms with E-state index >= 15 is 0 Å². The Bertz CT molecular complexity index is 345. The van der Waals surface area contributed by atoms with Gasteiger partial charge in [0.25, 0.3) is 0 Å². The third kappa shape index (κ3) is 3.08. The molecule has 5 heteroatoms. The lowest BCUT2D eigenvalue weighted by Gasteiger charge is -2.39. The highest BCUT2D eigenvalue weighted by molar-refractivity contribution is 5.89. The Labute approximate surface area is 113 Å². The lowest BCUT2D eigenvalue weighted by atomic mass is 9.76. The summed E-state index contributed by atoms with van der Waals surface area (Å²) in [5, 5.41) is 11.9. The average Bonchev–Trinajstić information content (AvgIpc) is 2.82. The third-order valence-electron chi connectivity index (χ3n) is 4.30. The Kier molecular flexibility index (Phi) is 4.45. The number of carboxylic acids is 1. The van der Waals surface area contributed by atoms with Crippen LogP contribution in [0.15, 0.2) is 0 Å². The smallest absolute Gasteiger partial charge is 0.329 e. The average molecular weight is 269 g/mol. The number of hydrogen-bond acceptors (Lipinski definition) is 3. The molecule has 0 bridgehead atoms. The van der Waals surface area contributed by atoms with Crippen molar-refractivity contribution >= 4 is 11.9 Å². The van der Waals surface area contributed by atoms with E-state index in [0.717, 1.165) is 32.1 Å². The first-order valence-electron chi connectivity index (χ1n) is 7.28. The standard InChI is InChI=1S/C14H23NO4/c1-2-11(19-10-6-3-4-7-10)12(16)15-14(13(17)18)8-5-9-14/h10-11H,2-9H2,1H3,(H,15,16)(H,17,18). The van der Waals surface area contributed by atoms with Gasteiger partial charge in [0.2, 0.25) is 5.91 Å². The van der Waals surface area contributed by atoms with Crippen LogP contribution in [0.2, 0.25) is 0 Å². The molecule has 0 heterocycles. The highest BCUT2D eigenvalue weighted by Crippen LogP contribution is 2.32. The normalized spacial score (nSPS) is 23.6. The van der Waals surface area contributed by atoms with Crippen LogP contribution in [0.5, 0.6) is 0 Å². The largest absolute Gasteiger partial charge is 0.480 e. The number of amides is 1. The predicted octanol–water partition coefficient (Wildman–Crippen LogP) is 1.85. The van der Waals surface area contributed by atoms with E-state index in [-0.39, 0.29) is 12.0 Å². The highest BCUT2D eigenvalue weighted by atomic mass is 16.5. The second kappa shape index (κ2) is 5.90. The zero-order valence-electron chi connectivity index (χ0n) is 11.5. The fourth-order valence-electron chi connectivity index (χ4n) is 2.84. The maximum Gasteiger partial charge on any atom is 0.329 e. The van der Waals surface area contributed by atoms with Gasteiger partial charge in [-0.25, -0.2) is 4.79 Å².